The van der Waals surface area contributed by atoms with Gasteiger partial charge in [0.25, 0.3) is 0 Å². The molecule has 1 fully saturated rings. The van der Waals surface area contributed by atoms with Gasteiger partial charge in [-0.25, -0.2) is 4.79 Å². The Bertz CT molecular complexity index is 469. The summed E-state index contributed by atoms with van der Waals surface area (Å²) in [5.41, 5.74) is 3.42. The quantitative estimate of drug-likeness (QED) is 0.623. The standard InChI is InChI=1S/C17H23NO2/c1-3-20-17(19)14(2)16-9-11-18(12-10-16)13-15-7-5-4-6-8-15/h4-8H,3,9-13H2,1-2H3. The second-order valence-corrected chi connectivity index (χ2v) is 5.21. The lowest BCUT2D eigenvalue weighted by atomic mass is 9.98. The lowest BCUT2D eigenvalue weighted by molar-refractivity contribution is -0.138. The highest BCUT2D eigenvalue weighted by Crippen LogP contribution is 2.22. The number of carbonyl (C=O) groups is 1. The summed E-state index contributed by atoms with van der Waals surface area (Å²) in [6.07, 6.45) is 1.94. The first-order valence-corrected chi connectivity index (χ1v) is 7.32. The van der Waals surface area contributed by atoms with E-state index < -0.39 is 0 Å². The summed E-state index contributed by atoms with van der Waals surface area (Å²) in [6.45, 7) is 7.20. The molecule has 0 saturated carbocycles. The van der Waals surface area contributed by atoms with Gasteiger partial charge in [-0.2, -0.15) is 0 Å². The molecule has 0 unspecified atom stereocenters. The third kappa shape index (κ3) is 3.94. The largest absolute Gasteiger partial charge is 0.463 e. The normalized spacial score (nSPS) is 16.0. The van der Waals surface area contributed by atoms with Crippen LogP contribution in [-0.2, 0) is 16.1 Å². The molecule has 0 spiro atoms. The highest BCUT2D eigenvalue weighted by atomic mass is 16.5. The minimum atomic E-state index is -0.154. The molecule has 1 heterocycles. The van der Waals surface area contributed by atoms with Gasteiger partial charge in [-0.15, -0.1) is 0 Å². The van der Waals surface area contributed by atoms with Gasteiger partial charge in [0, 0.05) is 25.2 Å². The van der Waals surface area contributed by atoms with Crippen molar-refractivity contribution in [3.05, 3.63) is 47.0 Å². The van der Waals surface area contributed by atoms with Crippen molar-refractivity contribution in [2.75, 3.05) is 19.7 Å². The maximum Gasteiger partial charge on any atom is 0.333 e. The molecule has 1 aliphatic heterocycles. The molecular weight excluding hydrogens is 250 g/mol. The van der Waals surface area contributed by atoms with Crippen LogP contribution in [0.15, 0.2) is 41.5 Å². The van der Waals surface area contributed by atoms with Gasteiger partial charge in [0.2, 0.25) is 0 Å². The zero-order valence-electron chi connectivity index (χ0n) is 12.4. The minimum absolute atomic E-state index is 0.154. The zero-order valence-corrected chi connectivity index (χ0v) is 12.4. The summed E-state index contributed by atoms with van der Waals surface area (Å²) >= 11 is 0. The Balaban J connectivity index is 1.89. The van der Waals surface area contributed by atoms with Crippen molar-refractivity contribution in [1.82, 2.24) is 4.90 Å². The summed E-state index contributed by atoms with van der Waals surface area (Å²) in [4.78, 5) is 14.2. The van der Waals surface area contributed by atoms with Crippen LogP contribution in [0, 0.1) is 0 Å². The first-order valence-electron chi connectivity index (χ1n) is 7.32. The summed E-state index contributed by atoms with van der Waals surface area (Å²) in [5, 5.41) is 0. The molecule has 0 amide bonds. The molecule has 2 rings (SSSR count). The molecule has 20 heavy (non-hydrogen) atoms. The number of rotatable bonds is 4. The van der Waals surface area contributed by atoms with Gasteiger partial charge in [0.05, 0.1) is 6.61 Å². The number of carbonyl (C=O) groups excluding carboxylic acids is 1. The maximum atomic E-state index is 11.7. The number of nitrogens with zero attached hydrogens (tertiary/aromatic N) is 1. The molecule has 0 aromatic heterocycles. The van der Waals surface area contributed by atoms with E-state index in [1.165, 1.54) is 11.1 Å². The Morgan fingerprint density at radius 2 is 1.85 bits per heavy atom. The molecule has 0 radical (unpaired) electrons. The molecule has 1 saturated heterocycles. The number of esters is 1. The van der Waals surface area contributed by atoms with Crippen molar-refractivity contribution in [2.24, 2.45) is 0 Å². The van der Waals surface area contributed by atoms with E-state index in [1.54, 1.807) is 0 Å². The molecule has 0 N–H and O–H groups in total. The predicted octanol–water partition coefficient (Wildman–Crippen LogP) is 3.16. The molecule has 1 aromatic carbocycles. The van der Waals surface area contributed by atoms with Crippen molar-refractivity contribution < 1.29 is 9.53 Å². The number of benzene rings is 1. The highest BCUT2D eigenvalue weighted by Gasteiger charge is 2.18. The first-order chi connectivity index (χ1) is 9.70. The van der Waals surface area contributed by atoms with Crippen LogP contribution >= 0.6 is 0 Å². The summed E-state index contributed by atoms with van der Waals surface area (Å²) < 4.78 is 5.07. The van der Waals surface area contributed by atoms with E-state index in [0.29, 0.717) is 6.61 Å². The summed E-state index contributed by atoms with van der Waals surface area (Å²) in [7, 11) is 0. The molecule has 108 valence electrons. The van der Waals surface area contributed by atoms with E-state index >= 15 is 0 Å². The Hall–Kier alpha value is -1.61. The van der Waals surface area contributed by atoms with E-state index in [4.69, 9.17) is 4.74 Å². The average Bonchev–Trinajstić information content (AvgIpc) is 2.48. The Morgan fingerprint density at radius 1 is 1.20 bits per heavy atom. The van der Waals surface area contributed by atoms with E-state index in [9.17, 15) is 4.79 Å². The monoisotopic (exact) mass is 273 g/mol. The van der Waals surface area contributed by atoms with Crippen molar-refractivity contribution >= 4 is 5.97 Å². The van der Waals surface area contributed by atoms with E-state index in [-0.39, 0.29) is 5.97 Å². The lowest BCUT2D eigenvalue weighted by Gasteiger charge is -2.29. The molecule has 1 aliphatic rings. The second kappa shape index (κ2) is 7.25. The lowest BCUT2D eigenvalue weighted by Crippen LogP contribution is -2.31. The molecule has 0 atom stereocenters. The molecule has 0 bridgehead atoms. The number of hydrogen-bond acceptors (Lipinski definition) is 3. The molecular formula is C17H23NO2. The zero-order chi connectivity index (χ0) is 14.4. The SMILES string of the molecule is CCOC(=O)C(C)=C1CCN(Cc2ccccc2)CC1. The van der Waals surface area contributed by atoms with Crippen molar-refractivity contribution in [3.8, 4) is 0 Å². The van der Waals surface area contributed by atoms with Gasteiger partial charge in [-0.3, -0.25) is 4.90 Å². The highest BCUT2D eigenvalue weighted by molar-refractivity contribution is 5.88. The van der Waals surface area contributed by atoms with Crippen LogP contribution in [0.2, 0.25) is 0 Å². The predicted molar refractivity (Wildman–Crippen MR) is 80.3 cm³/mol. The number of ether oxygens (including phenoxy) is 1. The number of hydrogen-bond donors (Lipinski definition) is 0. The van der Waals surface area contributed by atoms with Crippen LogP contribution in [0.5, 0.6) is 0 Å². The fourth-order valence-electron chi connectivity index (χ4n) is 2.58. The van der Waals surface area contributed by atoms with Crippen LogP contribution in [0.25, 0.3) is 0 Å². The Labute approximate surface area is 121 Å². The Kier molecular flexibility index (Phi) is 5.36. The van der Waals surface area contributed by atoms with Gasteiger partial charge in [0.15, 0.2) is 0 Å². The summed E-state index contributed by atoms with van der Waals surface area (Å²) in [6, 6.07) is 10.5. The number of piperidine rings is 1. The first kappa shape index (κ1) is 14.8. The molecule has 3 nitrogen and oxygen atoms in total. The fourth-order valence-corrected chi connectivity index (χ4v) is 2.58. The van der Waals surface area contributed by atoms with Gasteiger partial charge in [-0.05, 0) is 32.3 Å². The second-order valence-electron chi connectivity index (χ2n) is 5.21. The van der Waals surface area contributed by atoms with Crippen molar-refractivity contribution in [2.45, 2.75) is 33.2 Å². The topological polar surface area (TPSA) is 29.5 Å². The van der Waals surface area contributed by atoms with Gasteiger partial charge in [0.1, 0.15) is 0 Å². The van der Waals surface area contributed by atoms with E-state index in [0.717, 1.165) is 38.0 Å². The minimum Gasteiger partial charge on any atom is -0.463 e. The average molecular weight is 273 g/mol. The summed E-state index contributed by atoms with van der Waals surface area (Å²) in [5.74, 6) is -0.154. The van der Waals surface area contributed by atoms with Crippen LogP contribution in [0.4, 0.5) is 0 Å². The Morgan fingerprint density at radius 3 is 2.45 bits per heavy atom. The van der Waals surface area contributed by atoms with Gasteiger partial charge < -0.3 is 4.74 Å². The molecule has 0 aliphatic carbocycles. The smallest absolute Gasteiger partial charge is 0.333 e. The van der Waals surface area contributed by atoms with Crippen LogP contribution in [0.3, 0.4) is 0 Å². The third-order valence-electron chi connectivity index (χ3n) is 3.82. The third-order valence-corrected chi connectivity index (χ3v) is 3.82. The van der Waals surface area contributed by atoms with Crippen molar-refractivity contribution in [1.29, 1.82) is 0 Å². The number of likely N-dealkylation sites (tertiary alicyclic amines) is 1. The van der Waals surface area contributed by atoms with Gasteiger partial charge in [-0.1, -0.05) is 35.9 Å². The maximum absolute atomic E-state index is 11.7. The van der Waals surface area contributed by atoms with Crippen LogP contribution in [-0.4, -0.2) is 30.6 Å². The molecule has 3 heteroatoms. The molecule has 1 aromatic rings. The van der Waals surface area contributed by atoms with Gasteiger partial charge >= 0.3 is 5.97 Å². The van der Waals surface area contributed by atoms with Crippen LogP contribution in [0.1, 0.15) is 32.3 Å². The van der Waals surface area contributed by atoms with E-state index in [2.05, 4.69) is 29.2 Å². The van der Waals surface area contributed by atoms with Crippen molar-refractivity contribution in [3.63, 3.8) is 0 Å². The van der Waals surface area contributed by atoms with E-state index in [1.807, 2.05) is 19.9 Å². The van der Waals surface area contributed by atoms with Crippen LogP contribution < -0.4 is 0 Å². The fraction of sp³-hybridized carbons (Fsp3) is 0.471.